The van der Waals surface area contributed by atoms with E-state index in [0.29, 0.717) is 6.04 Å². The van der Waals surface area contributed by atoms with Crippen molar-refractivity contribution in [1.29, 1.82) is 0 Å². The summed E-state index contributed by atoms with van der Waals surface area (Å²) < 4.78 is 0. The van der Waals surface area contributed by atoms with Gasteiger partial charge in [0.05, 0.1) is 11.4 Å². The predicted molar refractivity (Wildman–Crippen MR) is 68.2 cm³/mol. The molecular weight excluding hydrogens is 198 g/mol. The zero-order valence-electron chi connectivity index (χ0n) is 10.8. The van der Waals surface area contributed by atoms with Gasteiger partial charge < -0.3 is 5.32 Å². The van der Waals surface area contributed by atoms with Gasteiger partial charge in [-0.15, -0.1) is 0 Å². The summed E-state index contributed by atoms with van der Waals surface area (Å²) >= 11 is 0. The third-order valence-electron chi connectivity index (χ3n) is 2.72. The molecule has 0 aromatic carbocycles. The van der Waals surface area contributed by atoms with E-state index in [1.165, 1.54) is 0 Å². The Morgan fingerprint density at radius 3 is 2.56 bits per heavy atom. The van der Waals surface area contributed by atoms with Crippen LogP contribution in [0, 0.1) is 0 Å². The van der Waals surface area contributed by atoms with E-state index in [1.807, 2.05) is 7.05 Å². The Balaban J connectivity index is 2.68. The van der Waals surface area contributed by atoms with Gasteiger partial charge in [-0.2, -0.15) is 0 Å². The second-order valence-electron chi connectivity index (χ2n) is 4.31. The van der Waals surface area contributed by atoms with Crippen molar-refractivity contribution in [3.63, 3.8) is 0 Å². The van der Waals surface area contributed by atoms with Gasteiger partial charge in [-0.25, -0.2) is 0 Å². The minimum atomic E-state index is 0.569. The maximum absolute atomic E-state index is 4.63. The van der Waals surface area contributed by atoms with Crippen LogP contribution >= 0.6 is 0 Å². The zero-order chi connectivity index (χ0) is 12.0. The van der Waals surface area contributed by atoms with E-state index in [0.717, 1.165) is 31.0 Å². The highest BCUT2D eigenvalue weighted by Gasteiger charge is 2.08. The average molecular weight is 221 g/mol. The Bertz CT molecular complexity index is 310. The van der Waals surface area contributed by atoms with Crippen LogP contribution in [0.3, 0.4) is 0 Å². The van der Waals surface area contributed by atoms with E-state index in [4.69, 9.17) is 0 Å². The largest absolute Gasteiger partial charge is 0.314 e. The Morgan fingerprint density at radius 1 is 1.31 bits per heavy atom. The first-order valence-electron chi connectivity index (χ1n) is 6.00. The molecule has 0 aliphatic carbocycles. The second kappa shape index (κ2) is 6.61. The molecule has 0 bridgehead atoms. The highest BCUT2D eigenvalue weighted by molar-refractivity contribution is 5.11. The summed E-state index contributed by atoms with van der Waals surface area (Å²) in [6, 6.07) is 6.82. The number of aromatic nitrogens is 1. The minimum absolute atomic E-state index is 0.569. The number of nitrogens with zero attached hydrogens (tertiary/aromatic N) is 2. The van der Waals surface area contributed by atoms with Crippen molar-refractivity contribution in [3.8, 4) is 0 Å². The number of rotatable bonds is 6. The van der Waals surface area contributed by atoms with Crippen molar-refractivity contribution in [1.82, 2.24) is 15.2 Å². The molecule has 1 aromatic rings. The monoisotopic (exact) mass is 221 g/mol. The molecule has 1 rings (SSSR count). The first-order chi connectivity index (χ1) is 7.67. The molecule has 1 N–H and O–H groups in total. The van der Waals surface area contributed by atoms with Gasteiger partial charge in [0.25, 0.3) is 0 Å². The predicted octanol–water partition coefficient (Wildman–Crippen LogP) is 2.03. The van der Waals surface area contributed by atoms with Gasteiger partial charge in [-0.05, 0) is 39.6 Å². The van der Waals surface area contributed by atoms with Crippen molar-refractivity contribution in [2.45, 2.75) is 39.9 Å². The number of hydrogen-bond acceptors (Lipinski definition) is 3. The molecule has 0 saturated heterocycles. The van der Waals surface area contributed by atoms with Crippen LogP contribution in [0.25, 0.3) is 0 Å². The summed E-state index contributed by atoms with van der Waals surface area (Å²) in [7, 11) is 1.95. The fraction of sp³-hybridized carbons (Fsp3) is 0.615. The van der Waals surface area contributed by atoms with Crippen LogP contribution < -0.4 is 5.32 Å². The Morgan fingerprint density at radius 2 is 2.00 bits per heavy atom. The molecule has 0 amide bonds. The van der Waals surface area contributed by atoms with Crippen LogP contribution in [0.15, 0.2) is 18.2 Å². The maximum Gasteiger partial charge on any atom is 0.0547 e. The molecule has 90 valence electrons. The lowest BCUT2D eigenvalue weighted by atomic mass is 10.2. The molecule has 0 saturated carbocycles. The topological polar surface area (TPSA) is 28.2 Å². The Labute approximate surface area is 98.9 Å². The third kappa shape index (κ3) is 3.91. The summed E-state index contributed by atoms with van der Waals surface area (Å²) in [6.45, 7) is 9.47. The summed E-state index contributed by atoms with van der Waals surface area (Å²) in [4.78, 5) is 7.04. The van der Waals surface area contributed by atoms with Crippen LogP contribution in [0.1, 0.15) is 32.2 Å². The van der Waals surface area contributed by atoms with Crippen LogP contribution in [-0.2, 0) is 13.1 Å². The molecule has 1 aromatic heterocycles. The van der Waals surface area contributed by atoms with Crippen LogP contribution in [0.4, 0.5) is 0 Å². The molecular formula is C13H23N3. The van der Waals surface area contributed by atoms with Gasteiger partial charge in [0, 0.05) is 19.1 Å². The summed E-state index contributed by atoms with van der Waals surface area (Å²) in [5.74, 6) is 0. The molecule has 0 fully saturated rings. The number of pyridine rings is 1. The first-order valence-corrected chi connectivity index (χ1v) is 6.00. The van der Waals surface area contributed by atoms with E-state index >= 15 is 0 Å². The van der Waals surface area contributed by atoms with Crippen molar-refractivity contribution < 1.29 is 0 Å². The van der Waals surface area contributed by atoms with Gasteiger partial charge in [0.2, 0.25) is 0 Å². The molecule has 0 atom stereocenters. The van der Waals surface area contributed by atoms with E-state index in [2.05, 4.69) is 54.2 Å². The zero-order valence-corrected chi connectivity index (χ0v) is 10.8. The molecule has 0 spiro atoms. The van der Waals surface area contributed by atoms with E-state index in [-0.39, 0.29) is 0 Å². The van der Waals surface area contributed by atoms with Gasteiger partial charge in [-0.3, -0.25) is 9.88 Å². The summed E-state index contributed by atoms with van der Waals surface area (Å²) in [5, 5.41) is 3.13. The molecule has 0 radical (unpaired) electrons. The highest BCUT2D eigenvalue weighted by atomic mass is 15.1. The van der Waals surface area contributed by atoms with Crippen LogP contribution in [-0.4, -0.2) is 29.5 Å². The van der Waals surface area contributed by atoms with Crippen molar-refractivity contribution in [3.05, 3.63) is 29.6 Å². The standard InChI is InChI=1S/C13H23N3/c1-5-16(11(2)3)10-13-8-6-7-12(15-13)9-14-4/h6-8,11,14H,5,9-10H2,1-4H3. The molecule has 0 aliphatic heterocycles. The Kier molecular flexibility index (Phi) is 5.43. The quantitative estimate of drug-likeness (QED) is 0.796. The second-order valence-corrected chi connectivity index (χ2v) is 4.31. The van der Waals surface area contributed by atoms with E-state index < -0.39 is 0 Å². The van der Waals surface area contributed by atoms with E-state index in [9.17, 15) is 0 Å². The van der Waals surface area contributed by atoms with Gasteiger partial charge in [0.15, 0.2) is 0 Å². The summed E-state index contributed by atoms with van der Waals surface area (Å²) in [5.41, 5.74) is 2.27. The highest BCUT2D eigenvalue weighted by Crippen LogP contribution is 2.06. The van der Waals surface area contributed by atoms with Gasteiger partial charge in [-0.1, -0.05) is 13.0 Å². The van der Waals surface area contributed by atoms with Crippen molar-refractivity contribution >= 4 is 0 Å². The molecule has 3 nitrogen and oxygen atoms in total. The minimum Gasteiger partial charge on any atom is -0.314 e. The van der Waals surface area contributed by atoms with Crippen molar-refractivity contribution in [2.75, 3.05) is 13.6 Å². The normalized spacial score (nSPS) is 11.4. The third-order valence-corrected chi connectivity index (χ3v) is 2.72. The molecule has 16 heavy (non-hydrogen) atoms. The molecule has 0 aliphatic rings. The van der Waals surface area contributed by atoms with E-state index in [1.54, 1.807) is 0 Å². The lowest BCUT2D eigenvalue weighted by molar-refractivity contribution is 0.222. The SMILES string of the molecule is CCN(Cc1cccc(CNC)n1)C(C)C. The molecule has 1 heterocycles. The average Bonchev–Trinajstić information content (AvgIpc) is 2.26. The van der Waals surface area contributed by atoms with Gasteiger partial charge in [0.1, 0.15) is 0 Å². The first kappa shape index (κ1) is 13.1. The van der Waals surface area contributed by atoms with Gasteiger partial charge >= 0.3 is 0 Å². The fourth-order valence-electron chi connectivity index (χ4n) is 1.76. The lowest BCUT2D eigenvalue weighted by Crippen LogP contribution is -2.30. The Hall–Kier alpha value is -0.930. The van der Waals surface area contributed by atoms with Crippen LogP contribution in [0.2, 0.25) is 0 Å². The lowest BCUT2D eigenvalue weighted by Gasteiger charge is -2.24. The fourth-order valence-corrected chi connectivity index (χ4v) is 1.76. The smallest absolute Gasteiger partial charge is 0.0547 e. The van der Waals surface area contributed by atoms with Crippen LogP contribution in [0.5, 0.6) is 0 Å². The number of hydrogen-bond donors (Lipinski definition) is 1. The number of nitrogens with one attached hydrogen (secondary N) is 1. The molecule has 0 unspecified atom stereocenters. The summed E-state index contributed by atoms with van der Waals surface area (Å²) in [6.07, 6.45) is 0. The van der Waals surface area contributed by atoms with Crippen molar-refractivity contribution in [2.24, 2.45) is 0 Å². The maximum atomic E-state index is 4.63. The molecule has 3 heteroatoms.